The van der Waals surface area contributed by atoms with E-state index in [1.807, 2.05) is 0 Å². The number of carbonyl (C=O) groups excluding carboxylic acids is 1. The Bertz CT molecular complexity index is 110. The Morgan fingerprint density at radius 1 is 1.78 bits per heavy atom. The van der Waals surface area contributed by atoms with E-state index in [0.717, 1.165) is 0 Å². The Hall–Kier alpha value is -0.830. The monoisotopic (exact) mass is 129 g/mol. The molecule has 0 aliphatic heterocycles. The van der Waals surface area contributed by atoms with Gasteiger partial charge in [-0.15, -0.1) is 0 Å². The van der Waals surface area contributed by atoms with Crippen molar-refractivity contribution in [2.45, 2.75) is 6.92 Å². The highest BCUT2D eigenvalue weighted by Crippen LogP contribution is 1.69. The van der Waals surface area contributed by atoms with Gasteiger partial charge in [-0.2, -0.15) is 0 Å². The van der Waals surface area contributed by atoms with Crippen molar-refractivity contribution in [3.8, 4) is 0 Å². The van der Waals surface area contributed by atoms with Crippen molar-refractivity contribution < 1.29 is 9.90 Å². The molecule has 0 heterocycles. The van der Waals surface area contributed by atoms with Crippen molar-refractivity contribution in [2.75, 3.05) is 13.2 Å². The van der Waals surface area contributed by atoms with Crippen LogP contribution in [0.3, 0.4) is 0 Å². The molecule has 52 valence electrons. The molecule has 0 atom stereocenters. The highest BCUT2D eigenvalue weighted by Gasteiger charge is 1.78. The van der Waals surface area contributed by atoms with Gasteiger partial charge < -0.3 is 10.4 Å². The van der Waals surface area contributed by atoms with Gasteiger partial charge in [-0.3, -0.25) is 4.79 Å². The fourth-order valence-electron chi connectivity index (χ4n) is 0.324. The van der Waals surface area contributed by atoms with Crippen LogP contribution in [0, 0.1) is 0 Å². The van der Waals surface area contributed by atoms with E-state index in [0.29, 0.717) is 6.54 Å². The topological polar surface area (TPSA) is 49.3 Å². The van der Waals surface area contributed by atoms with Crippen LogP contribution in [0.5, 0.6) is 0 Å². The van der Waals surface area contributed by atoms with Crippen molar-refractivity contribution >= 4 is 5.78 Å². The predicted molar refractivity (Wildman–Crippen MR) is 34.9 cm³/mol. The number of aliphatic hydroxyl groups excluding tert-OH is 1. The first kappa shape index (κ1) is 8.17. The van der Waals surface area contributed by atoms with Gasteiger partial charge in [-0.25, -0.2) is 0 Å². The number of carbonyl (C=O) groups is 1. The molecule has 0 aromatic rings. The molecule has 2 N–H and O–H groups in total. The number of aliphatic hydroxyl groups is 1. The summed E-state index contributed by atoms with van der Waals surface area (Å²) in [5.74, 6) is 0.000407. The second-order valence-corrected chi connectivity index (χ2v) is 1.62. The summed E-state index contributed by atoms with van der Waals surface area (Å²) in [5, 5.41) is 11.0. The van der Waals surface area contributed by atoms with E-state index in [1.165, 1.54) is 19.2 Å². The number of allylic oxidation sites excluding steroid dienone is 1. The third-order valence-electron chi connectivity index (χ3n) is 0.692. The Kier molecular flexibility index (Phi) is 4.82. The molecule has 3 heteroatoms. The summed E-state index contributed by atoms with van der Waals surface area (Å²) in [6.07, 6.45) is 2.94. The molecule has 9 heavy (non-hydrogen) atoms. The molecule has 0 radical (unpaired) electrons. The molecule has 0 spiro atoms. The van der Waals surface area contributed by atoms with E-state index in [1.54, 1.807) is 0 Å². The Labute approximate surface area is 54.4 Å². The van der Waals surface area contributed by atoms with Crippen LogP contribution < -0.4 is 5.32 Å². The Morgan fingerprint density at radius 2 is 2.44 bits per heavy atom. The lowest BCUT2D eigenvalue weighted by atomic mass is 10.4. The normalized spacial score (nSPS) is 10.0. The summed E-state index contributed by atoms with van der Waals surface area (Å²) in [7, 11) is 0. The number of rotatable bonds is 4. The standard InChI is InChI=1S/C6H11NO2/c1-6(9)2-3-7-4-5-8/h2-3,7-8H,4-5H2,1H3/b3-2+. The summed E-state index contributed by atoms with van der Waals surface area (Å²) in [5.41, 5.74) is 0. The molecule has 0 aliphatic rings. The number of hydrogen-bond donors (Lipinski definition) is 2. The molecule has 0 amide bonds. The maximum atomic E-state index is 10.2. The number of hydrogen-bond acceptors (Lipinski definition) is 3. The summed E-state index contributed by atoms with van der Waals surface area (Å²) >= 11 is 0. The van der Waals surface area contributed by atoms with Crippen molar-refractivity contribution in [1.82, 2.24) is 5.32 Å². The van der Waals surface area contributed by atoms with E-state index in [-0.39, 0.29) is 12.4 Å². The quantitative estimate of drug-likeness (QED) is 0.403. The molecule has 0 aliphatic carbocycles. The summed E-state index contributed by atoms with van der Waals surface area (Å²) in [6.45, 7) is 2.04. The highest BCUT2D eigenvalue weighted by atomic mass is 16.3. The van der Waals surface area contributed by atoms with Gasteiger partial charge in [0, 0.05) is 12.7 Å². The molecular formula is C6H11NO2. The number of ketones is 1. The van der Waals surface area contributed by atoms with Gasteiger partial charge in [0.2, 0.25) is 0 Å². The van der Waals surface area contributed by atoms with Crippen LogP contribution in [0.15, 0.2) is 12.3 Å². The van der Waals surface area contributed by atoms with Gasteiger partial charge in [0.25, 0.3) is 0 Å². The molecule has 0 saturated carbocycles. The van der Waals surface area contributed by atoms with Gasteiger partial charge >= 0.3 is 0 Å². The third-order valence-corrected chi connectivity index (χ3v) is 0.692. The zero-order valence-electron chi connectivity index (χ0n) is 5.42. The van der Waals surface area contributed by atoms with E-state index >= 15 is 0 Å². The van der Waals surface area contributed by atoms with Gasteiger partial charge in [-0.1, -0.05) is 0 Å². The molecular weight excluding hydrogens is 118 g/mol. The SMILES string of the molecule is CC(=O)/C=C/NCCO. The van der Waals surface area contributed by atoms with Gasteiger partial charge in [0.1, 0.15) is 0 Å². The minimum atomic E-state index is 0.000407. The van der Waals surface area contributed by atoms with Crippen molar-refractivity contribution in [3.05, 3.63) is 12.3 Å². The minimum Gasteiger partial charge on any atom is -0.395 e. The minimum absolute atomic E-state index is 0.000407. The fourth-order valence-corrected chi connectivity index (χ4v) is 0.324. The largest absolute Gasteiger partial charge is 0.395 e. The zero-order chi connectivity index (χ0) is 7.11. The van der Waals surface area contributed by atoms with Crippen LogP contribution in [0.1, 0.15) is 6.92 Å². The zero-order valence-corrected chi connectivity index (χ0v) is 5.42. The Balaban J connectivity index is 3.15. The lowest BCUT2D eigenvalue weighted by Crippen LogP contribution is -2.10. The first-order valence-electron chi connectivity index (χ1n) is 2.78. The van der Waals surface area contributed by atoms with E-state index in [2.05, 4.69) is 5.32 Å². The van der Waals surface area contributed by atoms with Crippen LogP contribution >= 0.6 is 0 Å². The maximum Gasteiger partial charge on any atom is 0.154 e. The van der Waals surface area contributed by atoms with Crippen LogP contribution in [0.2, 0.25) is 0 Å². The van der Waals surface area contributed by atoms with Gasteiger partial charge in [0.05, 0.1) is 6.61 Å². The smallest absolute Gasteiger partial charge is 0.154 e. The molecule has 3 nitrogen and oxygen atoms in total. The predicted octanol–water partition coefficient (Wildman–Crippen LogP) is -0.329. The fraction of sp³-hybridized carbons (Fsp3) is 0.500. The van der Waals surface area contributed by atoms with Crippen molar-refractivity contribution in [2.24, 2.45) is 0 Å². The Morgan fingerprint density at radius 3 is 2.89 bits per heavy atom. The summed E-state index contributed by atoms with van der Waals surface area (Å²) in [4.78, 5) is 10.2. The van der Waals surface area contributed by atoms with Crippen LogP contribution in [0.4, 0.5) is 0 Å². The molecule has 0 rings (SSSR count). The second kappa shape index (κ2) is 5.31. The first-order valence-corrected chi connectivity index (χ1v) is 2.78. The van der Waals surface area contributed by atoms with Crippen molar-refractivity contribution in [3.63, 3.8) is 0 Å². The third kappa shape index (κ3) is 7.17. The van der Waals surface area contributed by atoms with Crippen molar-refractivity contribution in [1.29, 1.82) is 0 Å². The molecule has 0 aromatic carbocycles. The molecule has 0 bridgehead atoms. The average molecular weight is 129 g/mol. The molecule has 0 saturated heterocycles. The van der Waals surface area contributed by atoms with Gasteiger partial charge in [0.15, 0.2) is 5.78 Å². The highest BCUT2D eigenvalue weighted by molar-refractivity contribution is 5.87. The second-order valence-electron chi connectivity index (χ2n) is 1.62. The first-order chi connectivity index (χ1) is 4.27. The number of nitrogens with one attached hydrogen (secondary N) is 1. The average Bonchev–Trinajstić information content (AvgIpc) is 1.80. The van der Waals surface area contributed by atoms with Gasteiger partial charge in [-0.05, 0) is 13.0 Å². The summed E-state index contributed by atoms with van der Waals surface area (Å²) < 4.78 is 0. The molecule has 0 aromatic heterocycles. The van der Waals surface area contributed by atoms with E-state index < -0.39 is 0 Å². The van der Waals surface area contributed by atoms with Crippen LogP contribution in [-0.2, 0) is 4.79 Å². The molecule has 0 fully saturated rings. The lowest BCUT2D eigenvalue weighted by molar-refractivity contribution is -0.112. The maximum absolute atomic E-state index is 10.2. The lowest BCUT2D eigenvalue weighted by Gasteiger charge is -1.91. The van der Waals surface area contributed by atoms with E-state index in [4.69, 9.17) is 5.11 Å². The summed E-state index contributed by atoms with van der Waals surface area (Å²) in [6, 6.07) is 0. The van der Waals surface area contributed by atoms with Crippen LogP contribution in [-0.4, -0.2) is 24.0 Å². The van der Waals surface area contributed by atoms with E-state index in [9.17, 15) is 4.79 Å². The molecule has 0 unspecified atom stereocenters. The van der Waals surface area contributed by atoms with Crippen LogP contribution in [0.25, 0.3) is 0 Å².